The van der Waals surface area contributed by atoms with Gasteiger partial charge in [-0.2, -0.15) is 0 Å². The lowest BCUT2D eigenvalue weighted by molar-refractivity contribution is 0.102. The van der Waals surface area contributed by atoms with E-state index < -0.39 is 0 Å². The number of aromatic nitrogens is 1. The molecule has 106 valence electrons. The summed E-state index contributed by atoms with van der Waals surface area (Å²) in [5.74, 6) is -0.238. The van der Waals surface area contributed by atoms with Crippen LogP contribution in [0.2, 0.25) is 10.0 Å². The number of aromatic amines is 1. The van der Waals surface area contributed by atoms with Crippen molar-refractivity contribution in [2.24, 2.45) is 0 Å². The van der Waals surface area contributed by atoms with Gasteiger partial charge in [-0.3, -0.25) is 4.79 Å². The maximum atomic E-state index is 12.3. The van der Waals surface area contributed by atoms with E-state index >= 15 is 0 Å². The van der Waals surface area contributed by atoms with Gasteiger partial charge in [0.05, 0.1) is 15.7 Å². The third-order valence-corrected chi connectivity index (χ3v) is 4.87. The quantitative estimate of drug-likeness (QED) is 0.564. The van der Waals surface area contributed by atoms with Crippen LogP contribution in [0.1, 0.15) is 10.4 Å². The van der Waals surface area contributed by atoms with E-state index in [1.807, 2.05) is 24.4 Å². The molecule has 0 unspecified atom stereocenters. The number of benzene rings is 2. The first-order valence-electron chi connectivity index (χ1n) is 6.08. The number of halogens is 3. The largest absolute Gasteiger partial charge is 0.361 e. The fourth-order valence-electron chi connectivity index (χ4n) is 2.01. The third kappa shape index (κ3) is 2.79. The van der Waals surface area contributed by atoms with E-state index in [4.69, 9.17) is 23.2 Å². The minimum atomic E-state index is -0.238. The number of carbonyl (C=O) groups is 1. The van der Waals surface area contributed by atoms with Crippen molar-refractivity contribution in [3.8, 4) is 0 Å². The molecule has 1 aromatic heterocycles. The minimum absolute atomic E-state index is 0.238. The van der Waals surface area contributed by atoms with Crippen LogP contribution in [-0.4, -0.2) is 10.9 Å². The summed E-state index contributed by atoms with van der Waals surface area (Å²) in [6.07, 6.45) is 1.83. The normalized spacial score (nSPS) is 10.8. The van der Waals surface area contributed by atoms with Crippen LogP contribution >= 0.6 is 39.1 Å². The summed E-state index contributed by atoms with van der Waals surface area (Å²) in [4.78, 5) is 15.4. The molecule has 0 atom stereocenters. The number of fused-ring (bicyclic) bond motifs is 1. The molecule has 0 radical (unpaired) electrons. The van der Waals surface area contributed by atoms with Crippen molar-refractivity contribution < 1.29 is 4.79 Å². The molecule has 6 heteroatoms. The molecule has 1 amide bonds. The second-order valence-corrected chi connectivity index (χ2v) is 6.07. The monoisotopic (exact) mass is 382 g/mol. The number of anilines is 1. The lowest BCUT2D eigenvalue weighted by atomic mass is 10.1. The molecule has 0 aliphatic rings. The summed E-state index contributed by atoms with van der Waals surface area (Å²) in [5, 5.41) is 4.42. The number of carbonyl (C=O) groups excluding carboxylic acids is 1. The van der Waals surface area contributed by atoms with Crippen LogP contribution in [0.5, 0.6) is 0 Å². The van der Waals surface area contributed by atoms with Crippen LogP contribution < -0.4 is 5.32 Å². The Labute approximate surface area is 139 Å². The maximum Gasteiger partial charge on any atom is 0.255 e. The summed E-state index contributed by atoms with van der Waals surface area (Å²) in [6, 6.07) is 10.8. The molecule has 2 aromatic carbocycles. The summed E-state index contributed by atoms with van der Waals surface area (Å²) in [5.41, 5.74) is 2.01. The highest BCUT2D eigenvalue weighted by Crippen LogP contribution is 2.36. The van der Waals surface area contributed by atoms with E-state index in [0.717, 1.165) is 10.9 Å². The van der Waals surface area contributed by atoms with Gasteiger partial charge < -0.3 is 10.3 Å². The molecule has 0 aliphatic carbocycles. The van der Waals surface area contributed by atoms with Crippen molar-refractivity contribution in [3.05, 3.63) is 62.7 Å². The van der Waals surface area contributed by atoms with Crippen molar-refractivity contribution >= 4 is 61.6 Å². The topological polar surface area (TPSA) is 44.9 Å². The number of amides is 1. The van der Waals surface area contributed by atoms with E-state index in [0.29, 0.717) is 25.8 Å². The highest BCUT2D eigenvalue weighted by atomic mass is 79.9. The molecule has 3 aromatic rings. The summed E-state index contributed by atoms with van der Waals surface area (Å²) < 4.78 is 0.681. The summed E-state index contributed by atoms with van der Waals surface area (Å²) in [6.45, 7) is 0. The molecule has 0 aliphatic heterocycles. The third-order valence-electron chi connectivity index (χ3n) is 3.10. The first kappa shape index (κ1) is 14.4. The van der Waals surface area contributed by atoms with Gasteiger partial charge in [0.2, 0.25) is 0 Å². The van der Waals surface area contributed by atoms with Gasteiger partial charge in [0.25, 0.3) is 5.91 Å². The first-order chi connectivity index (χ1) is 10.1. The van der Waals surface area contributed by atoms with Gasteiger partial charge in [0, 0.05) is 27.1 Å². The molecular formula is C15H9BrCl2N2O. The van der Waals surface area contributed by atoms with Gasteiger partial charge in [-0.25, -0.2) is 0 Å². The molecule has 21 heavy (non-hydrogen) atoms. The van der Waals surface area contributed by atoms with Crippen LogP contribution in [0.15, 0.2) is 47.1 Å². The molecule has 1 heterocycles. The van der Waals surface area contributed by atoms with E-state index in [2.05, 4.69) is 26.2 Å². The standard InChI is InChI=1S/C15H9BrCl2N2O/c16-10-2-4-12(14(18)13(10)17)20-15(21)9-1-3-11-8(7-9)5-6-19-11/h1-7,19H,(H,20,21). The van der Waals surface area contributed by atoms with Gasteiger partial charge in [-0.05, 0) is 52.3 Å². The first-order valence-corrected chi connectivity index (χ1v) is 7.63. The molecule has 0 bridgehead atoms. The van der Waals surface area contributed by atoms with Crippen LogP contribution in [-0.2, 0) is 0 Å². The number of hydrogen-bond donors (Lipinski definition) is 2. The number of H-pyrrole nitrogens is 1. The minimum Gasteiger partial charge on any atom is -0.361 e. The van der Waals surface area contributed by atoms with E-state index in [-0.39, 0.29) is 5.91 Å². The van der Waals surface area contributed by atoms with E-state index in [9.17, 15) is 4.79 Å². The molecule has 3 rings (SSSR count). The van der Waals surface area contributed by atoms with Crippen molar-refractivity contribution in [1.29, 1.82) is 0 Å². The SMILES string of the molecule is O=C(Nc1ccc(Br)c(Cl)c1Cl)c1ccc2[nH]ccc2c1. The molecule has 3 nitrogen and oxygen atoms in total. The zero-order valence-corrected chi connectivity index (χ0v) is 13.7. The highest BCUT2D eigenvalue weighted by Gasteiger charge is 2.12. The van der Waals surface area contributed by atoms with Crippen molar-refractivity contribution in [2.45, 2.75) is 0 Å². The Hall–Kier alpha value is -1.49. The Morgan fingerprint density at radius 3 is 2.71 bits per heavy atom. The zero-order chi connectivity index (χ0) is 15.0. The van der Waals surface area contributed by atoms with Crippen LogP contribution in [0.3, 0.4) is 0 Å². The van der Waals surface area contributed by atoms with Gasteiger partial charge in [-0.1, -0.05) is 23.2 Å². The predicted molar refractivity (Wildman–Crippen MR) is 90.4 cm³/mol. The van der Waals surface area contributed by atoms with Crippen LogP contribution in [0.4, 0.5) is 5.69 Å². The van der Waals surface area contributed by atoms with E-state index in [1.165, 1.54) is 0 Å². The lowest BCUT2D eigenvalue weighted by Gasteiger charge is -2.09. The maximum absolute atomic E-state index is 12.3. The predicted octanol–water partition coefficient (Wildman–Crippen LogP) is 5.49. The second kappa shape index (κ2) is 5.72. The Kier molecular flexibility index (Phi) is 3.93. The number of hydrogen-bond acceptors (Lipinski definition) is 1. The van der Waals surface area contributed by atoms with Crippen LogP contribution in [0, 0.1) is 0 Å². The Morgan fingerprint density at radius 2 is 1.90 bits per heavy atom. The van der Waals surface area contributed by atoms with Gasteiger partial charge in [0.1, 0.15) is 0 Å². The second-order valence-electron chi connectivity index (χ2n) is 4.46. The van der Waals surface area contributed by atoms with Crippen LogP contribution in [0.25, 0.3) is 10.9 Å². The lowest BCUT2D eigenvalue weighted by Crippen LogP contribution is -2.12. The van der Waals surface area contributed by atoms with E-state index in [1.54, 1.807) is 18.2 Å². The molecule has 0 spiro atoms. The zero-order valence-electron chi connectivity index (χ0n) is 10.6. The average molecular weight is 384 g/mol. The Balaban J connectivity index is 1.91. The average Bonchev–Trinajstić information content (AvgIpc) is 2.95. The molecule has 0 fully saturated rings. The van der Waals surface area contributed by atoms with Gasteiger partial charge >= 0.3 is 0 Å². The summed E-state index contributed by atoms with van der Waals surface area (Å²) in [7, 11) is 0. The highest BCUT2D eigenvalue weighted by molar-refractivity contribution is 9.10. The Morgan fingerprint density at radius 1 is 1.10 bits per heavy atom. The molecule has 0 saturated carbocycles. The van der Waals surface area contributed by atoms with Crippen molar-refractivity contribution in [1.82, 2.24) is 4.98 Å². The summed E-state index contributed by atoms with van der Waals surface area (Å²) >= 11 is 15.4. The smallest absolute Gasteiger partial charge is 0.255 e. The van der Waals surface area contributed by atoms with Gasteiger partial charge in [0.15, 0.2) is 0 Å². The van der Waals surface area contributed by atoms with Gasteiger partial charge in [-0.15, -0.1) is 0 Å². The Bertz CT molecular complexity index is 845. The number of rotatable bonds is 2. The fourth-order valence-corrected chi connectivity index (χ4v) is 2.83. The molecule has 0 saturated heterocycles. The molecular weight excluding hydrogens is 375 g/mol. The van der Waals surface area contributed by atoms with Crippen molar-refractivity contribution in [2.75, 3.05) is 5.32 Å². The fraction of sp³-hybridized carbons (Fsp3) is 0. The van der Waals surface area contributed by atoms with Crippen molar-refractivity contribution in [3.63, 3.8) is 0 Å². The molecule has 2 N–H and O–H groups in total. The number of nitrogens with one attached hydrogen (secondary N) is 2.